The first-order chi connectivity index (χ1) is 23.0. The lowest BCUT2D eigenvalue weighted by atomic mass is 9.71. The van der Waals surface area contributed by atoms with Crippen molar-refractivity contribution in [1.29, 1.82) is 0 Å². The fourth-order valence-corrected chi connectivity index (χ4v) is 8.65. The zero-order valence-electron chi connectivity index (χ0n) is 30.3. The molecule has 0 heteroatoms. The van der Waals surface area contributed by atoms with E-state index in [1.54, 1.807) is 22.3 Å². The van der Waals surface area contributed by atoms with Crippen molar-refractivity contribution in [1.82, 2.24) is 0 Å². The van der Waals surface area contributed by atoms with Crippen molar-refractivity contribution in [3.8, 4) is 0 Å². The molecule has 47 heavy (non-hydrogen) atoms. The molecule has 11 rings (SSSR count). The summed E-state index contributed by atoms with van der Waals surface area (Å²) >= 11 is 0. The lowest BCUT2D eigenvalue weighted by Gasteiger charge is -2.33. The van der Waals surface area contributed by atoms with E-state index in [0.29, 0.717) is 0 Å². The normalized spacial score (nSPS) is 32.3. The molecule has 0 spiro atoms. The van der Waals surface area contributed by atoms with Crippen LogP contribution in [0.4, 0.5) is 0 Å². The van der Waals surface area contributed by atoms with E-state index in [1.165, 1.54) is 68.9 Å². The van der Waals surface area contributed by atoms with Gasteiger partial charge in [-0.3, -0.25) is 0 Å². The van der Waals surface area contributed by atoms with Crippen molar-refractivity contribution in [2.45, 2.75) is 98.3 Å². The summed E-state index contributed by atoms with van der Waals surface area (Å²) in [6.07, 6.45) is 38.1. The van der Waals surface area contributed by atoms with Crippen LogP contribution in [0.3, 0.4) is 0 Å². The van der Waals surface area contributed by atoms with Crippen molar-refractivity contribution >= 4 is 6.08 Å². The molecule has 1 aromatic rings. The molecule has 0 radical (unpaired) electrons. The van der Waals surface area contributed by atoms with Crippen LogP contribution in [0, 0.1) is 47.3 Å². The molecule has 0 N–H and O–H groups in total. The van der Waals surface area contributed by atoms with Crippen molar-refractivity contribution in [3.63, 3.8) is 0 Å². The third-order valence-corrected chi connectivity index (χ3v) is 11.6. The summed E-state index contributed by atoms with van der Waals surface area (Å²) in [6.45, 7) is 21.3. The summed E-state index contributed by atoms with van der Waals surface area (Å²) in [6, 6.07) is 8.49. The van der Waals surface area contributed by atoms with Gasteiger partial charge in [-0.05, 0) is 118 Å². The minimum Gasteiger partial charge on any atom is -0.106 e. The van der Waals surface area contributed by atoms with E-state index in [4.69, 9.17) is 0 Å². The molecule has 8 unspecified atom stereocenters. The minimum atomic E-state index is 0.815. The highest BCUT2D eigenvalue weighted by atomic mass is 14.6. The Kier molecular flexibility index (Phi) is 14.4. The van der Waals surface area contributed by atoms with Crippen LogP contribution < -0.4 is 0 Å². The van der Waals surface area contributed by atoms with E-state index in [0.717, 1.165) is 60.2 Å². The molecule has 6 bridgehead atoms. The first-order valence-electron chi connectivity index (χ1n) is 18.8. The Balaban J connectivity index is 0.000000134. The van der Waals surface area contributed by atoms with Crippen LogP contribution in [0.15, 0.2) is 128 Å². The minimum absolute atomic E-state index is 0.815. The Bertz CT molecular complexity index is 1290. The van der Waals surface area contributed by atoms with Crippen LogP contribution >= 0.6 is 0 Å². The van der Waals surface area contributed by atoms with Crippen LogP contribution in [0.1, 0.15) is 103 Å². The number of benzene rings is 1. The maximum absolute atomic E-state index is 3.00. The van der Waals surface area contributed by atoms with Crippen LogP contribution in [0.2, 0.25) is 0 Å². The molecule has 252 valence electrons. The highest BCUT2D eigenvalue weighted by Gasteiger charge is 2.59. The second-order valence-corrected chi connectivity index (χ2v) is 14.6. The van der Waals surface area contributed by atoms with Crippen LogP contribution in [0.5, 0.6) is 0 Å². The Morgan fingerprint density at radius 2 is 1.02 bits per heavy atom. The summed E-state index contributed by atoms with van der Waals surface area (Å²) < 4.78 is 0. The summed E-state index contributed by atoms with van der Waals surface area (Å²) in [5, 5.41) is 0. The number of fused-ring (bicyclic) bond motifs is 12. The summed E-state index contributed by atoms with van der Waals surface area (Å²) in [5.41, 5.74) is 9.62. The molecule has 0 nitrogen and oxygen atoms in total. The van der Waals surface area contributed by atoms with Gasteiger partial charge in [0.2, 0.25) is 0 Å². The van der Waals surface area contributed by atoms with E-state index < -0.39 is 0 Å². The molecule has 0 amide bonds. The molecule has 0 heterocycles. The zero-order valence-corrected chi connectivity index (χ0v) is 30.3. The van der Waals surface area contributed by atoms with Gasteiger partial charge in [0.25, 0.3) is 0 Å². The molecule has 4 saturated carbocycles. The van der Waals surface area contributed by atoms with E-state index in [1.807, 2.05) is 0 Å². The van der Waals surface area contributed by atoms with Gasteiger partial charge in [0, 0.05) is 0 Å². The lowest BCUT2D eigenvalue weighted by molar-refractivity contribution is 0.273. The maximum Gasteiger partial charge on any atom is -0.00144 e. The molecular formula is C47H64. The van der Waals surface area contributed by atoms with E-state index >= 15 is 0 Å². The Labute approximate surface area is 289 Å². The van der Waals surface area contributed by atoms with E-state index in [-0.39, 0.29) is 0 Å². The summed E-state index contributed by atoms with van der Waals surface area (Å²) in [5.74, 6) is 7.61. The third-order valence-electron chi connectivity index (χ3n) is 11.6. The molecule has 0 aliphatic heterocycles. The molecule has 4 fully saturated rings. The van der Waals surface area contributed by atoms with Gasteiger partial charge in [-0.1, -0.05) is 146 Å². The molecular weight excluding hydrogens is 565 g/mol. The molecule has 8 atom stereocenters. The van der Waals surface area contributed by atoms with E-state index in [9.17, 15) is 0 Å². The number of hydrogen-bond acceptors (Lipinski definition) is 0. The second kappa shape index (κ2) is 18.4. The highest BCUT2D eigenvalue weighted by molar-refractivity contribution is 5.59. The van der Waals surface area contributed by atoms with Crippen LogP contribution in [-0.2, 0) is 6.42 Å². The predicted molar refractivity (Wildman–Crippen MR) is 209 cm³/mol. The Morgan fingerprint density at radius 3 is 1.40 bits per heavy atom. The number of allylic oxidation sites excluding steroid dienone is 13. The molecule has 1 aromatic carbocycles. The van der Waals surface area contributed by atoms with Crippen molar-refractivity contribution in [2.24, 2.45) is 47.3 Å². The average Bonchev–Trinajstić information content (AvgIpc) is 3.67. The molecule has 0 aromatic heterocycles. The lowest BCUT2D eigenvalue weighted by Crippen LogP contribution is -2.26. The average molecular weight is 629 g/mol. The topological polar surface area (TPSA) is 0 Å². The van der Waals surface area contributed by atoms with Gasteiger partial charge in [0.15, 0.2) is 0 Å². The Hall–Kier alpha value is -3.12. The fourth-order valence-electron chi connectivity index (χ4n) is 8.65. The standard InChI is InChI=1S/C14H18.C9H12.C9H8.C5H6.2C3H6.2C2H4/c1-7-8(2)12-6-11(7)13-9-3-4-10(5-9)14(12)13;1-6-7(2)9-4-3-8(6)5-9;1-2-5-9-7-3-6-8(9)4-1;1-2-4-5-3-1;2*1-2-3-1;2*1-2/h3-4,9-14H,5-6H2,1-2H3;3-4,8-9H,5H2,1-2H3;1-6H,7H2;1-4H,5H2;2*1-3H2;2*1-2H2. The fraction of sp³-hybridized carbons (Fsp3) is 0.489. The molecule has 10 aliphatic carbocycles. The van der Waals surface area contributed by atoms with Crippen molar-refractivity contribution < 1.29 is 0 Å². The third kappa shape index (κ3) is 9.49. The smallest absolute Gasteiger partial charge is 0.00144 e. The molecule has 10 aliphatic rings. The zero-order chi connectivity index (χ0) is 33.8. The highest BCUT2D eigenvalue weighted by Crippen LogP contribution is 2.66. The maximum atomic E-state index is 3.00. The first-order valence-corrected chi connectivity index (χ1v) is 18.8. The first kappa shape index (κ1) is 36.7. The monoisotopic (exact) mass is 629 g/mol. The SMILES string of the molecule is C1=CCC=C1.C1=Cc2ccccc2C1.C1CC1.C1CC1.C=C.C=C.CC1=C(C)C2C=CC1C2.CC1=C(C)C2CC1C1C3C=CC(C3)C21. The van der Waals surface area contributed by atoms with Crippen molar-refractivity contribution in [3.05, 3.63) is 139 Å². The van der Waals surface area contributed by atoms with Crippen molar-refractivity contribution in [2.75, 3.05) is 0 Å². The molecule has 0 saturated heterocycles. The summed E-state index contributed by atoms with van der Waals surface area (Å²) in [7, 11) is 0. The second-order valence-electron chi connectivity index (χ2n) is 14.6. The quantitative estimate of drug-likeness (QED) is 0.198. The van der Waals surface area contributed by atoms with Gasteiger partial charge in [0.1, 0.15) is 0 Å². The van der Waals surface area contributed by atoms with Gasteiger partial charge in [0.05, 0.1) is 0 Å². The number of hydrogen-bond donors (Lipinski definition) is 0. The van der Waals surface area contributed by atoms with Gasteiger partial charge in [-0.2, -0.15) is 0 Å². The van der Waals surface area contributed by atoms with Crippen LogP contribution in [-0.4, -0.2) is 0 Å². The largest absolute Gasteiger partial charge is 0.106 e. The van der Waals surface area contributed by atoms with Gasteiger partial charge in [-0.25, -0.2) is 0 Å². The van der Waals surface area contributed by atoms with E-state index in [2.05, 4.69) is 139 Å². The summed E-state index contributed by atoms with van der Waals surface area (Å²) in [4.78, 5) is 0. The van der Waals surface area contributed by atoms with Crippen LogP contribution in [0.25, 0.3) is 6.08 Å². The Morgan fingerprint density at radius 1 is 0.532 bits per heavy atom. The number of rotatable bonds is 0. The predicted octanol–water partition coefficient (Wildman–Crippen LogP) is 13.6. The van der Waals surface area contributed by atoms with Gasteiger partial charge in [-0.15, -0.1) is 26.3 Å². The van der Waals surface area contributed by atoms with Gasteiger partial charge < -0.3 is 0 Å². The van der Waals surface area contributed by atoms with Gasteiger partial charge >= 0.3 is 0 Å².